The van der Waals surface area contributed by atoms with Crippen molar-refractivity contribution in [2.45, 2.75) is 23.8 Å². The molecule has 0 aliphatic carbocycles. The Bertz CT molecular complexity index is 612. The van der Waals surface area contributed by atoms with Crippen LogP contribution in [0.1, 0.15) is 12.8 Å². The zero-order valence-electron chi connectivity index (χ0n) is 11.4. The number of anilines is 1. The van der Waals surface area contributed by atoms with Gasteiger partial charge in [-0.3, -0.25) is 9.59 Å². The van der Waals surface area contributed by atoms with Gasteiger partial charge in [-0.25, -0.2) is 13.1 Å². The van der Waals surface area contributed by atoms with Crippen LogP contribution in [0.4, 0.5) is 5.69 Å². The summed E-state index contributed by atoms with van der Waals surface area (Å²) in [6.07, 6.45) is -0.179. The Kier molecular flexibility index (Phi) is 5.82. The van der Waals surface area contributed by atoms with Crippen LogP contribution in [0.3, 0.4) is 0 Å². The SMILES string of the molecule is CNS(=O)(=O)c1ccc(NC(=O)C(N)CCC(=O)O)cc1. The molecular formula is C12H17N3O5S. The highest BCUT2D eigenvalue weighted by Crippen LogP contribution is 2.14. The highest BCUT2D eigenvalue weighted by Gasteiger charge is 2.16. The predicted octanol–water partition coefficient (Wildman–Crippen LogP) is -0.275. The summed E-state index contributed by atoms with van der Waals surface area (Å²) in [5.41, 5.74) is 5.93. The van der Waals surface area contributed by atoms with Gasteiger partial charge in [-0.05, 0) is 37.7 Å². The fourth-order valence-corrected chi connectivity index (χ4v) is 2.21. The minimum absolute atomic E-state index is 0.0212. The van der Waals surface area contributed by atoms with Gasteiger partial charge in [-0.2, -0.15) is 0 Å². The van der Waals surface area contributed by atoms with E-state index < -0.39 is 27.9 Å². The van der Waals surface area contributed by atoms with E-state index in [1.54, 1.807) is 0 Å². The molecule has 1 unspecified atom stereocenters. The van der Waals surface area contributed by atoms with Gasteiger partial charge >= 0.3 is 5.97 Å². The molecule has 1 aromatic rings. The normalized spacial score (nSPS) is 12.7. The number of carbonyl (C=O) groups excluding carboxylic acids is 1. The van der Waals surface area contributed by atoms with Crippen molar-refractivity contribution >= 4 is 27.6 Å². The summed E-state index contributed by atoms with van der Waals surface area (Å²) in [7, 11) is -2.23. The first-order chi connectivity index (χ1) is 9.76. The number of nitrogens with two attached hydrogens (primary N) is 1. The number of carboxylic acids is 1. The predicted molar refractivity (Wildman–Crippen MR) is 76.2 cm³/mol. The van der Waals surface area contributed by atoms with E-state index in [1.807, 2.05) is 0 Å². The number of hydrogen-bond acceptors (Lipinski definition) is 5. The quantitative estimate of drug-likeness (QED) is 0.546. The Balaban J connectivity index is 2.67. The fraction of sp³-hybridized carbons (Fsp3) is 0.333. The maximum Gasteiger partial charge on any atom is 0.303 e. The Morgan fingerprint density at radius 1 is 1.29 bits per heavy atom. The van der Waals surface area contributed by atoms with Crippen molar-refractivity contribution in [3.05, 3.63) is 24.3 Å². The number of nitrogens with one attached hydrogen (secondary N) is 2. The van der Waals surface area contributed by atoms with Gasteiger partial charge in [-0.15, -0.1) is 0 Å². The highest BCUT2D eigenvalue weighted by atomic mass is 32.2. The summed E-state index contributed by atoms with van der Waals surface area (Å²) < 4.78 is 25.2. The number of carbonyl (C=O) groups is 2. The Morgan fingerprint density at radius 3 is 2.33 bits per heavy atom. The average molecular weight is 315 g/mol. The van der Waals surface area contributed by atoms with Crippen LogP contribution < -0.4 is 15.8 Å². The molecule has 1 aromatic carbocycles. The number of rotatable bonds is 7. The van der Waals surface area contributed by atoms with Crippen LogP contribution in [0.15, 0.2) is 29.2 Å². The molecule has 1 atom stereocenters. The van der Waals surface area contributed by atoms with Crippen LogP contribution in [0.2, 0.25) is 0 Å². The van der Waals surface area contributed by atoms with Crippen LogP contribution in [0.25, 0.3) is 0 Å². The van der Waals surface area contributed by atoms with Gasteiger partial charge < -0.3 is 16.2 Å². The van der Waals surface area contributed by atoms with Gasteiger partial charge in [0.05, 0.1) is 10.9 Å². The van der Waals surface area contributed by atoms with Gasteiger partial charge in [0.1, 0.15) is 0 Å². The fourth-order valence-electron chi connectivity index (χ4n) is 1.48. The topological polar surface area (TPSA) is 139 Å². The maximum absolute atomic E-state index is 11.7. The molecule has 0 aromatic heterocycles. The Labute approximate surface area is 122 Å². The lowest BCUT2D eigenvalue weighted by atomic mass is 10.1. The third-order valence-electron chi connectivity index (χ3n) is 2.71. The van der Waals surface area contributed by atoms with Crippen molar-refractivity contribution in [2.24, 2.45) is 5.73 Å². The molecule has 0 bridgehead atoms. The second-order valence-electron chi connectivity index (χ2n) is 4.26. The first-order valence-electron chi connectivity index (χ1n) is 6.08. The van der Waals surface area contributed by atoms with Crippen molar-refractivity contribution in [3.63, 3.8) is 0 Å². The van der Waals surface area contributed by atoms with E-state index in [4.69, 9.17) is 10.8 Å². The van der Waals surface area contributed by atoms with E-state index in [0.29, 0.717) is 5.69 Å². The van der Waals surface area contributed by atoms with Gasteiger partial charge in [0.15, 0.2) is 0 Å². The monoisotopic (exact) mass is 315 g/mol. The molecule has 0 saturated heterocycles. The number of hydrogen-bond donors (Lipinski definition) is 4. The van der Waals surface area contributed by atoms with Crippen molar-refractivity contribution in [1.29, 1.82) is 0 Å². The first-order valence-corrected chi connectivity index (χ1v) is 7.56. The van der Waals surface area contributed by atoms with Gasteiger partial charge in [0, 0.05) is 12.1 Å². The van der Waals surface area contributed by atoms with E-state index in [2.05, 4.69) is 10.0 Å². The lowest BCUT2D eigenvalue weighted by molar-refractivity contribution is -0.137. The lowest BCUT2D eigenvalue weighted by Crippen LogP contribution is -2.36. The molecule has 0 radical (unpaired) electrons. The summed E-state index contributed by atoms with van der Waals surface area (Å²) >= 11 is 0. The number of aliphatic carboxylic acids is 1. The molecule has 0 heterocycles. The summed E-state index contributed by atoms with van der Waals surface area (Å²) in [6, 6.07) is 4.58. The Hall–Kier alpha value is -1.97. The van der Waals surface area contributed by atoms with Crippen LogP contribution >= 0.6 is 0 Å². The Morgan fingerprint density at radius 2 is 1.86 bits per heavy atom. The van der Waals surface area contributed by atoms with Gasteiger partial charge in [-0.1, -0.05) is 0 Å². The van der Waals surface area contributed by atoms with Gasteiger partial charge in [0.25, 0.3) is 0 Å². The molecule has 0 saturated carbocycles. The van der Waals surface area contributed by atoms with Gasteiger partial charge in [0.2, 0.25) is 15.9 Å². The third-order valence-corrected chi connectivity index (χ3v) is 4.14. The molecule has 1 amide bonds. The van der Waals surface area contributed by atoms with Crippen molar-refractivity contribution in [1.82, 2.24) is 4.72 Å². The average Bonchev–Trinajstić information content (AvgIpc) is 2.45. The van der Waals surface area contributed by atoms with Crippen molar-refractivity contribution in [3.8, 4) is 0 Å². The number of sulfonamides is 1. The molecule has 5 N–H and O–H groups in total. The largest absolute Gasteiger partial charge is 0.481 e. The molecular weight excluding hydrogens is 298 g/mol. The number of amides is 1. The minimum Gasteiger partial charge on any atom is -0.481 e. The van der Waals surface area contributed by atoms with Crippen molar-refractivity contribution in [2.75, 3.05) is 12.4 Å². The second-order valence-corrected chi connectivity index (χ2v) is 6.15. The molecule has 116 valence electrons. The number of benzene rings is 1. The summed E-state index contributed by atoms with van der Waals surface area (Å²) in [6.45, 7) is 0. The van der Waals surface area contributed by atoms with Crippen molar-refractivity contribution < 1.29 is 23.1 Å². The molecule has 21 heavy (non-hydrogen) atoms. The number of carboxylic acid groups (broad SMARTS) is 1. The maximum atomic E-state index is 11.7. The van der Waals surface area contributed by atoms with Crippen LogP contribution in [-0.4, -0.2) is 38.5 Å². The van der Waals surface area contributed by atoms with E-state index in [9.17, 15) is 18.0 Å². The summed E-state index contributed by atoms with van der Waals surface area (Å²) in [5.74, 6) is -1.56. The molecule has 9 heteroatoms. The summed E-state index contributed by atoms with van der Waals surface area (Å²) in [4.78, 5) is 22.2. The molecule has 0 spiro atoms. The molecule has 1 rings (SSSR count). The summed E-state index contributed by atoms with van der Waals surface area (Å²) in [5, 5.41) is 11.0. The molecule has 0 fully saturated rings. The smallest absolute Gasteiger partial charge is 0.303 e. The van der Waals surface area contributed by atoms with E-state index >= 15 is 0 Å². The molecule has 8 nitrogen and oxygen atoms in total. The lowest BCUT2D eigenvalue weighted by Gasteiger charge is -2.11. The highest BCUT2D eigenvalue weighted by molar-refractivity contribution is 7.89. The zero-order chi connectivity index (χ0) is 16.0. The minimum atomic E-state index is -3.53. The van der Waals surface area contributed by atoms with E-state index in [0.717, 1.165) is 0 Å². The standard InChI is InChI=1S/C12H17N3O5S/c1-14-21(19,20)9-4-2-8(3-5-9)15-12(18)10(13)6-7-11(16)17/h2-5,10,14H,6-7,13H2,1H3,(H,15,18)(H,16,17). The third kappa shape index (κ3) is 5.14. The second kappa shape index (κ2) is 7.16. The van der Waals surface area contributed by atoms with Crippen LogP contribution in [-0.2, 0) is 19.6 Å². The zero-order valence-corrected chi connectivity index (χ0v) is 12.2. The van der Waals surface area contributed by atoms with Crippen LogP contribution in [0.5, 0.6) is 0 Å². The first kappa shape index (κ1) is 17.1. The molecule has 0 aliphatic rings. The van der Waals surface area contributed by atoms with Crippen LogP contribution in [0, 0.1) is 0 Å². The van der Waals surface area contributed by atoms with E-state index in [1.165, 1.54) is 31.3 Å². The van der Waals surface area contributed by atoms with E-state index in [-0.39, 0.29) is 17.7 Å². The molecule has 0 aliphatic heterocycles.